The number of rotatable bonds is 8. The van der Waals surface area contributed by atoms with Crippen LogP contribution >= 0.6 is 0 Å². The van der Waals surface area contributed by atoms with Crippen LogP contribution < -0.4 is 15.4 Å². The van der Waals surface area contributed by atoms with Gasteiger partial charge in [0, 0.05) is 13.7 Å². The van der Waals surface area contributed by atoms with Crippen molar-refractivity contribution in [3.63, 3.8) is 0 Å². The van der Waals surface area contributed by atoms with Crippen LogP contribution in [0.3, 0.4) is 0 Å². The first-order chi connectivity index (χ1) is 12.9. The second-order valence-electron chi connectivity index (χ2n) is 6.05. The highest BCUT2D eigenvalue weighted by Gasteiger charge is 2.20. The van der Waals surface area contributed by atoms with E-state index in [1.54, 1.807) is 26.4 Å². The molecule has 2 amide bonds. The Morgan fingerprint density at radius 2 is 1.67 bits per heavy atom. The highest BCUT2D eigenvalue weighted by molar-refractivity contribution is 5.87. The van der Waals surface area contributed by atoms with Gasteiger partial charge in [-0.1, -0.05) is 24.3 Å². The number of benzene rings is 2. The Morgan fingerprint density at radius 3 is 2.19 bits per heavy atom. The predicted molar refractivity (Wildman–Crippen MR) is 101 cm³/mol. The molecule has 0 spiro atoms. The third-order valence-corrected chi connectivity index (χ3v) is 4.17. The number of carboxylic acid groups (broad SMARTS) is 1. The summed E-state index contributed by atoms with van der Waals surface area (Å²) in [5, 5.41) is 14.5. The van der Waals surface area contributed by atoms with Crippen molar-refractivity contribution in [2.45, 2.75) is 25.6 Å². The highest BCUT2D eigenvalue weighted by atomic mass is 16.5. The quantitative estimate of drug-likeness (QED) is 0.662. The SMILES string of the molecule is COc1ccc(C(OC)C(C)NC(=O)NCc2ccc(C(=O)O)cc2)cc1. The standard InChI is InChI=1S/C20H24N2O5/c1-13(18(27-3)15-8-10-17(26-2)11-9-15)22-20(25)21-12-14-4-6-16(7-5-14)19(23)24/h4-11,13,18H,12H2,1-3H3,(H,23,24)(H2,21,22,25). The van der Waals surface area contributed by atoms with Crippen molar-refractivity contribution in [2.24, 2.45) is 0 Å². The number of carbonyl (C=O) groups excluding carboxylic acids is 1. The van der Waals surface area contributed by atoms with Gasteiger partial charge in [0.25, 0.3) is 0 Å². The summed E-state index contributed by atoms with van der Waals surface area (Å²) in [6.07, 6.45) is -0.309. The van der Waals surface area contributed by atoms with Gasteiger partial charge in [-0.15, -0.1) is 0 Å². The van der Waals surface area contributed by atoms with Crippen molar-refractivity contribution in [1.29, 1.82) is 0 Å². The maximum atomic E-state index is 12.2. The molecule has 2 aromatic rings. The van der Waals surface area contributed by atoms with E-state index in [4.69, 9.17) is 14.6 Å². The number of aromatic carboxylic acids is 1. The lowest BCUT2D eigenvalue weighted by Crippen LogP contribution is -2.43. The largest absolute Gasteiger partial charge is 0.497 e. The molecule has 0 heterocycles. The van der Waals surface area contributed by atoms with Crippen LogP contribution in [0.15, 0.2) is 48.5 Å². The van der Waals surface area contributed by atoms with Crippen molar-refractivity contribution in [2.75, 3.05) is 14.2 Å². The second kappa shape index (κ2) is 9.59. The zero-order chi connectivity index (χ0) is 19.8. The summed E-state index contributed by atoms with van der Waals surface area (Å²) in [5.74, 6) is -0.230. The van der Waals surface area contributed by atoms with Crippen LogP contribution in [0.25, 0.3) is 0 Å². The molecule has 2 unspecified atom stereocenters. The molecule has 7 nitrogen and oxygen atoms in total. The van der Waals surface area contributed by atoms with Crippen LogP contribution in [0.1, 0.15) is 34.5 Å². The third kappa shape index (κ3) is 5.72. The summed E-state index contributed by atoms with van der Waals surface area (Å²) in [7, 11) is 3.20. The maximum Gasteiger partial charge on any atom is 0.335 e. The topological polar surface area (TPSA) is 96.9 Å². The smallest absolute Gasteiger partial charge is 0.335 e. The Balaban J connectivity index is 1.89. The van der Waals surface area contributed by atoms with E-state index in [9.17, 15) is 9.59 Å². The van der Waals surface area contributed by atoms with Crippen LogP contribution in [-0.2, 0) is 11.3 Å². The molecular formula is C20H24N2O5. The van der Waals surface area contributed by atoms with Gasteiger partial charge in [-0.25, -0.2) is 9.59 Å². The van der Waals surface area contributed by atoms with Gasteiger partial charge in [0.05, 0.1) is 18.7 Å². The van der Waals surface area contributed by atoms with Gasteiger partial charge in [0.1, 0.15) is 11.9 Å². The van der Waals surface area contributed by atoms with Crippen LogP contribution in [0.5, 0.6) is 5.75 Å². The summed E-state index contributed by atoms with van der Waals surface area (Å²) in [5.41, 5.74) is 1.94. The van der Waals surface area contributed by atoms with Crippen molar-refractivity contribution in [3.8, 4) is 5.75 Å². The Morgan fingerprint density at radius 1 is 1.04 bits per heavy atom. The lowest BCUT2D eigenvalue weighted by atomic mass is 10.0. The highest BCUT2D eigenvalue weighted by Crippen LogP contribution is 2.23. The number of amides is 2. The van der Waals surface area contributed by atoms with Crippen molar-refractivity contribution in [1.82, 2.24) is 10.6 Å². The number of carbonyl (C=O) groups is 2. The number of hydrogen-bond acceptors (Lipinski definition) is 4. The molecule has 7 heteroatoms. The average molecular weight is 372 g/mol. The zero-order valence-corrected chi connectivity index (χ0v) is 15.6. The first-order valence-corrected chi connectivity index (χ1v) is 8.48. The Kier molecular flexibility index (Phi) is 7.19. The van der Waals surface area contributed by atoms with Crippen molar-refractivity contribution < 1.29 is 24.2 Å². The lowest BCUT2D eigenvalue weighted by Gasteiger charge is -2.24. The summed E-state index contributed by atoms with van der Waals surface area (Å²) >= 11 is 0. The number of methoxy groups -OCH3 is 2. The van der Waals surface area contributed by atoms with E-state index in [-0.39, 0.29) is 23.7 Å². The molecule has 0 aromatic heterocycles. The van der Waals surface area contributed by atoms with Crippen LogP contribution in [-0.4, -0.2) is 37.4 Å². The fraction of sp³-hybridized carbons (Fsp3) is 0.300. The normalized spacial score (nSPS) is 12.7. The van der Waals surface area contributed by atoms with Gasteiger partial charge in [-0.2, -0.15) is 0 Å². The van der Waals surface area contributed by atoms with Gasteiger partial charge in [0.2, 0.25) is 0 Å². The molecule has 27 heavy (non-hydrogen) atoms. The molecule has 0 aliphatic carbocycles. The number of hydrogen-bond donors (Lipinski definition) is 3. The monoisotopic (exact) mass is 372 g/mol. The van der Waals surface area contributed by atoms with Crippen LogP contribution in [0, 0.1) is 0 Å². The Bertz CT molecular complexity index is 759. The van der Waals surface area contributed by atoms with E-state index in [1.165, 1.54) is 12.1 Å². The molecule has 2 rings (SSSR count). The van der Waals surface area contributed by atoms with E-state index in [0.29, 0.717) is 6.54 Å². The predicted octanol–water partition coefficient (Wildman–Crippen LogP) is 2.97. The number of nitrogens with one attached hydrogen (secondary N) is 2. The molecule has 0 radical (unpaired) electrons. The first kappa shape index (κ1) is 20.3. The fourth-order valence-corrected chi connectivity index (χ4v) is 2.70. The van der Waals surface area contributed by atoms with Gasteiger partial charge in [-0.05, 0) is 42.3 Å². The average Bonchev–Trinajstić information content (AvgIpc) is 2.67. The number of carboxylic acids is 1. The Labute approximate surface area is 158 Å². The summed E-state index contributed by atoms with van der Waals surface area (Å²) in [4.78, 5) is 23.0. The molecule has 3 N–H and O–H groups in total. The lowest BCUT2D eigenvalue weighted by molar-refractivity contribution is 0.0697. The van der Waals surface area contributed by atoms with E-state index in [1.807, 2.05) is 31.2 Å². The molecule has 0 aliphatic rings. The first-order valence-electron chi connectivity index (χ1n) is 8.48. The van der Waals surface area contributed by atoms with Crippen LogP contribution in [0.2, 0.25) is 0 Å². The third-order valence-electron chi connectivity index (χ3n) is 4.17. The van der Waals surface area contributed by atoms with Crippen LogP contribution in [0.4, 0.5) is 4.79 Å². The van der Waals surface area contributed by atoms with Gasteiger partial charge in [0.15, 0.2) is 0 Å². The molecule has 0 aliphatic heterocycles. The molecule has 2 aromatic carbocycles. The molecule has 0 saturated heterocycles. The summed E-state index contributed by atoms with van der Waals surface area (Å²) in [6, 6.07) is 13.2. The van der Waals surface area contributed by atoms with E-state index in [2.05, 4.69) is 10.6 Å². The second-order valence-corrected chi connectivity index (χ2v) is 6.05. The van der Waals surface area contributed by atoms with E-state index < -0.39 is 5.97 Å². The minimum absolute atomic E-state index is 0.208. The number of urea groups is 1. The zero-order valence-electron chi connectivity index (χ0n) is 15.6. The molecule has 2 atom stereocenters. The molecule has 144 valence electrons. The van der Waals surface area contributed by atoms with E-state index >= 15 is 0 Å². The van der Waals surface area contributed by atoms with E-state index in [0.717, 1.165) is 16.9 Å². The summed E-state index contributed by atoms with van der Waals surface area (Å²) in [6.45, 7) is 2.15. The molecule has 0 fully saturated rings. The Hall–Kier alpha value is -3.06. The van der Waals surface area contributed by atoms with Gasteiger partial charge >= 0.3 is 12.0 Å². The maximum absolute atomic E-state index is 12.2. The minimum Gasteiger partial charge on any atom is -0.497 e. The minimum atomic E-state index is -0.981. The number of ether oxygens (including phenoxy) is 2. The molecule has 0 saturated carbocycles. The molecular weight excluding hydrogens is 348 g/mol. The van der Waals surface area contributed by atoms with Gasteiger partial charge < -0.3 is 25.2 Å². The van der Waals surface area contributed by atoms with Crippen molar-refractivity contribution in [3.05, 3.63) is 65.2 Å². The summed E-state index contributed by atoms with van der Waals surface area (Å²) < 4.78 is 10.7. The van der Waals surface area contributed by atoms with Gasteiger partial charge in [-0.3, -0.25) is 0 Å². The fourth-order valence-electron chi connectivity index (χ4n) is 2.70. The molecule has 0 bridgehead atoms. The van der Waals surface area contributed by atoms with Crippen molar-refractivity contribution >= 4 is 12.0 Å².